The third-order valence-corrected chi connectivity index (χ3v) is 5.62. The smallest absolute Gasteiger partial charge is 0.309 e. The van der Waals surface area contributed by atoms with Gasteiger partial charge in [0.25, 0.3) is 0 Å². The number of rotatable bonds is 3. The van der Waals surface area contributed by atoms with Crippen molar-refractivity contribution in [2.45, 2.75) is 19.8 Å². The third-order valence-electron chi connectivity index (χ3n) is 4.17. The highest BCUT2D eigenvalue weighted by Gasteiger charge is 2.27. The highest BCUT2D eigenvalue weighted by molar-refractivity contribution is 9.10. The fourth-order valence-corrected chi connectivity index (χ4v) is 4.21. The topological polar surface area (TPSA) is 46.6 Å². The van der Waals surface area contributed by atoms with Gasteiger partial charge in [0.05, 0.1) is 18.2 Å². The van der Waals surface area contributed by atoms with E-state index >= 15 is 0 Å². The van der Waals surface area contributed by atoms with Crippen LogP contribution in [-0.4, -0.2) is 25.7 Å². The third kappa shape index (κ3) is 3.43. The Morgan fingerprint density at radius 2 is 2.13 bits per heavy atom. The van der Waals surface area contributed by atoms with Gasteiger partial charge < -0.3 is 9.64 Å². The average Bonchev–Trinajstić information content (AvgIpc) is 2.56. The number of hydrogen-bond donors (Lipinski definition) is 0. The van der Waals surface area contributed by atoms with Crippen molar-refractivity contribution in [3.8, 4) is 0 Å². The zero-order valence-electron chi connectivity index (χ0n) is 12.9. The molecule has 2 heterocycles. The Morgan fingerprint density at radius 1 is 1.39 bits per heavy atom. The average molecular weight is 396 g/mol. The van der Waals surface area contributed by atoms with Crippen LogP contribution in [0.3, 0.4) is 0 Å². The van der Waals surface area contributed by atoms with Gasteiger partial charge in [-0.05, 0) is 38.0 Å². The normalized spacial score (nSPS) is 15.8. The van der Waals surface area contributed by atoms with Gasteiger partial charge in [0, 0.05) is 33.0 Å². The first-order valence-corrected chi connectivity index (χ1v) is 9.40. The Bertz CT molecular complexity index is 781. The summed E-state index contributed by atoms with van der Waals surface area (Å²) in [7, 11) is 0. The number of ether oxygens (including phenoxy) is 1. The number of carbonyl (C=O) groups excluding carboxylic acids is 1. The minimum absolute atomic E-state index is 0.0421. The predicted molar refractivity (Wildman–Crippen MR) is 97.4 cm³/mol. The van der Waals surface area contributed by atoms with Gasteiger partial charge in [-0.1, -0.05) is 15.9 Å². The molecule has 1 fully saturated rings. The van der Waals surface area contributed by atoms with Crippen molar-refractivity contribution in [3.05, 3.63) is 38.3 Å². The summed E-state index contributed by atoms with van der Waals surface area (Å²) in [6.45, 7) is 3.67. The molecule has 0 atom stereocenters. The molecular weight excluding hydrogens is 378 g/mol. The molecule has 0 unspecified atom stereocenters. The second-order valence-corrected chi connectivity index (χ2v) is 7.43. The van der Waals surface area contributed by atoms with Crippen LogP contribution in [-0.2, 0) is 9.53 Å². The van der Waals surface area contributed by atoms with E-state index in [0.29, 0.717) is 19.7 Å². The van der Waals surface area contributed by atoms with Gasteiger partial charge in [0.1, 0.15) is 0 Å². The van der Waals surface area contributed by atoms with E-state index in [1.807, 2.05) is 30.5 Å². The standard InChI is InChI=1S/C17H18BrNO3S/c1-2-22-17(21)11-5-7-19(8-6-11)14-10-23-15-4-3-12(18)9-13(15)16(14)20/h3-4,9-11H,2,5-8H2,1H3. The summed E-state index contributed by atoms with van der Waals surface area (Å²) in [5.74, 6) is -0.153. The fourth-order valence-electron chi connectivity index (χ4n) is 2.93. The van der Waals surface area contributed by atoms with Crippen LogP contribution in [0.5, 0.6) is 0 Å². The second kappa shape index (κ2) is 7.01. The van der Waals surface area contributed by atoms with Crippen LogP contribution in [0.15, 0.2) is 32.8 Å². The van der Waals surface area contributed by atoms with E-state index in [0.717, 1.165) is 33.1 Å². The summed E-state index contributed by atoms with van der Waals surface area (Å²) >= 11 is 5.01. The second-order valence-electron chi connectivity index (χ2n) is 5.60. The molecule has 1 aliphatic heterocycles. The number of nitrogens with zero attached hydrogens (tertiary/aromatic N) is 1. The molecule has 6 heteroatoms. The summed E-state index contributed by atoms with van der Waals surface area (Å²) in [6.07, 6.45) is 1.47. The molecule has 23 heavy (non-hydrogen) atoms. The highest BCUT2D eigenvalue weighted by Crippen LogP contribution is 2.27. The maximum Gasteiger partial charge on any atom is 0.309 e. The van der Waals surface area contributed by atoms with Gasteiger partial charge in [-0.2, -0.15) is 0 Å². The number of carbonyl (C=O) groups is 1. The number of esters is 1. The zero-order valence-corrected chi connectivity index (χ0v) is 15.3. The highest BCUT2D eigenvalue weighted by atomic mass is 79.9. The Hall–Kier alpha value is -1.40. The number of halogens is 1. The molecule has 0 aliphatic carbocycles. The van der Waals surface area contributed by atoms with Gasteiger partial charge in [0.2, 0.25) is 5.43 Å². The molecule has 2 aromatic rings. The van der Waals surface area contributed by atoms with Gasteiger partial charge in [-0.3, -0.25) is 9.59 Å². The lowest BCUT2D eigenvalue weighted by Crippen LogP contribution is -2.38. The Balaban J connectivity index is 1.81. The van der Waals surface area contributed by atoms with Crippen LogP contribution in [0.4, 0.5) is 5.69 Å². The van der Waals surface area contributed by atoms with Crippen molar-refractivity contribution in [3.63, 3.8) is 0 Å². The lowest BCUT2D eigenvalue weighted by atomic mass is 9.97. The minimum Gasteiger partial charge on any atom is -0.466 e. The number of fused-ring (bicyclic) bond motifs is 1. The molecular formula is C17H18BrNO3S. The van der Waals surface area contributed by atoms with Crippen LogP contribution in [0.25, 0.3) is 10.1 Å². The van der Waals surface area contributed by atoms with Crippen LogP contribution in [0.2, 0.25) is 0 Å². The molecule has 0 spiro atoms. The van der Waals surface area contributed by atoms with Crippen molar-refractivity contribution >= 4 is 49.0 Å². The molecule has 1 aromatic carbocycles. The maximum absolute atomic E-state index is 12.8. The van der Waals surface area contributed by atoms with Crippen molar-refractivity contribution in [2.24, 2.45) is 5.92 Å². The molecule has 3 rings (SSSR count). The van der Waals surface area contributed by atoms with E-state index in [-0.39, 0.29) is 17.3 Å². The van der Waals surface area contributed by atoms with Crippen LogP contribution in [0, 0.1) is 5.92 Å². The molecule has 122 valence electrons. The number of piperidine rings is 1. The van der Waals surface area contributed by atoms with Gasteiger partial charge >= 0.3 is 5.97 Å². The molecule has 0 bridgehead atoms. The molecule has 0 amide bonds. The molecule has 0 saturated carbocycles. The maximum atomic E-state index is 12.8. The van der Waals surface area contributed by atoms with Crippen molar-refractivity contribution in [2.75, 3.05) is 24.6 Å². The quantitative estimate of drug-likeness (QED) is 0.741. The minimum atomic E-state index is -0.111. The fraction of sp³-hybridized carbons (Fsp3) is 0.412. The Labute approximate surface area is 147 Å². The van der Waals surface area contributed by atoms with Crippen molar-refractivity contribution < 1.29 is 9.53 Å². The summed E-state index contributed by atoms with van der Waals surface area (Å²) in [5, 5.41) is 2.68. The van der Waals surface area contributed by atoms with E-state index in [1.165, 1.54) is 0 Å². The largest absolute Gasteiger partial charge is 0.466 e. The summed E-state index contributed by atoms with van der Waals surface area (Å²) in [6, 6.07) is 5.79. The lowest BCUT2D eigenvalue weighted by Gasteiger charge is -2.32. The molecule has 1 saturated heterocycles. The first-order chi connectivity index (χ1) is 11.1. The van der Waals surface area contributed by atoms with E-state index < -0.39 is 0 Å². The summed E-state index contributed by atoms with van der Waals surface area (Å²) in [5.41, 5.74) is 0.803. The summed E-state index contributed by atoms with van der Waals surface area (Å²) < 4.78 is 6.99. The van der Waals surface area contributed by atoms with Crippen LogP contribution < -0.4 is 10.3 Å². The van der Waals surface area contributed by atoms with E-state index in [4.69, 9.17) is 4.74 Å². The predicted octanol–water partition coefficient (Wildman–Crippen LogP) is 3.80. The Kier molecular flexibility index (Phi) is 5.02. The zero-order chi connectivity index (χ0) is 16.4. The van der Waals surface area contributed by atoms with Crippen LogP contribution >= 0.6 is 27.3 Å². The number of benzene rings is 1. The lowest BCUT2D eigenvalue weighted by molar-refractivity contribution is -0.148. The van der Waals surface area contributed by atoms with E-state index in [2.05, 4.69) is 20.8 Å². The van der Waals surface area contributed by atoms with E-state index in [1.54, 1.807) is 11.3 Å². The van der Waals surface area contributed by atoms with Crippen LogP contribution in [0.1, 0.15) is 19.8 Å². The monoisotopic (exact) mass is 395 g/mol. The molecule has 1 aromatic heterocycles. The summed E-state index contributed by atoms with van der Waals surface area (Å²) in [4.78, 5) is 26.7. The van der Waals surface area contributed by atoms with Crippen molar-refractivity contribution in [1.29, 1.82) is 0 Å². The van der Waals surface area contributed by atoms with Gasteiger partial charge in [-0.25, -0.2) is 0 Å². The number of hydrogen-bond acceptors (Lipinski definition) is 5. The molecule has 4 nitrogen and oxygen atoms in total. The molecule has 0 N–H and O–H groups in total. The number of anilines is 1. The van der Waals surface area contributed by atoms with Crippen molar-refractivity contribution in [1.82, 2.24) is 0 Å². The first-order valence-electron chi connectivity index (χ1n) is 7.72. The molecule has 1 aliphatic rings. The molecule has 0 radical (unpaired) electrons. The van der Waals surface area contributed by atoms with Gasteiger partial charge in [-0.15, -0.1) is 11.3 Å². The van der Waals surface area contributed by atoms with E-state index in [9.17, 15) is 9.59 Å². The van der Waals surface area contributed by atoms with Gasteiger partial charge in [0.15, 0.2) is 0 Å². The first kappa shape index (κ1) is 16.5. The Morgan fingerprint density at radius 3 is 2.83 bits per heavy atom. The SMILES string of the molecule is CCOC(=O)C1CCN(c2csc3ccc(Br)cc3c2=O)CC1.